The number of nitrogens with one attached hydrogen (secondary N) is 2. The molecule has 144 valence electrons. The van der Waals surface area contributed by atoms with Gasteiger partial charge in [-0.15, -0.1) is 0 Å². The van der Waals surface area contributed by atoms with Gasteiger partial charge in [-0.25, -0.2) is 0 Å². The van der Waals surface area contributed by atoms with E-state index in [1.54, 1.807) is 24.3 Å². The Hall–Kier alpha value is -3.45. The van der Waals surface area contributed by atoms with Crippen LogP contribution in [-0.2, 0) is 4.74 Å². The molecule has 0 unspecified atom stereocenters. The molecule has 0 aliphatic carbocycles. The summed E-state index contributed by atoms with van der Waals surface area (Å²) in [5.41, 5.74) is 2.41. The summed E-state index contributed by atoms with van der Waals surface area (Å²) < 4.78 is 5.35. The third-order valence-corrected chi connectivity index (χ3v) is 4.74. The molecule has 1 amide bonds. The van der Waals surface area contributed by atoms with Crippen LogP contribution in [0.2, 0.25) is 0 Å². The van der Waals surface area contributed by atoms with E-state index < -0.39 is 5.91 Å². The van der Waals surface area contributed by atoms with Crippen LogP contribution in [0.5, 0.6) is 11.6 Å². The number of ether oxygens (including phenoxy) is 1. The fourth-order valence-corrected chi connectivity index (χ4v) is 3.28. The highest BCUT2D eigenvalue weighted by atomic mass is 16.5. The number of benzene rings is 2. The van der Waals surface area contributed by atoms with Gasteiger partial charge in [-0.05, 0) is 24.3 Å². The average molecular weight is 379 g/mol. The van der Waals surface area contributed by atoms with Gasteiger partial charge in [0.2, 0.25) is 5.88 Å². The first-order chi connectivity index (χ1) is 13.6. The van der Waals surface area contributed by atoms with Crippen LogP contribution in [0, 0.1) is 0 Å². The van der Waals surface area contributed by atoms with E-state index in [0.29, 0.717) is 30.2 Å². The summed E-state index contributed by atoms with van der Waals surface area (Å²) in [6, 6.07) is 16.4. The lowest BCUT2D eigenvalue weighted by atomic mass is 10.1. The van der Waals surface area contributed by atoms with Gasteiger partial charge in [-0.2, -0.15) is 0 Å². The highest BCUT2D eigenvalue weighted by Gasteiger charge is 2.24. The minimum absolute atomic E-state index is 0.184. The molecule has 1 aliphatic rings. The van der Waals surface area contributed by atoms with Gasteiger partial charge in [0, 0.05) is 30.0 Å². The van der Waals surface area contributed by atoms with Crippen molar-refractivity contribution in [3.8, 4) is 22.9 Å². The van der Waals surface area contributed by atoms with Crippen LogP contribution in [0.15, 0.2) is 54.6 Å². The lowest BCUT2D eigenvalue weighted by Gasteiger charge is -2.28. The number of hydrogen-bond donors (Lipinski definition) is 4. The van der Waals surface area contributed by atoms with Crippen molar-refractivity contribution in [1.82, 2.24) is 4.98 Å². The van der Waals surface area contributed by atoms with Crippen molar-refractivity contribution in [3.05, 3.63) is 60.2 Å². The number of nitrogens with zero attached hydrogens (tertiary/aromatic N) is 1. The number of hydrogen-bond acceptors (Lipinski definition) is 5. The van der Waals surface area contributed by atoms with Crippen LogP contribution >= 0.6 is 0 Å². The second-order valence-corrected chi connectivity index (χ2v) is 6.54. The molecule has 7 nitrogen and oxygen atoms in total. The first kappa shape index (κ1) is 17.9. The quantitative estimate of drug-likeness (QED) is 0.558. The highest BCUT2D eigenvalue weighted by Crippen LogP contribution is 2.37. The van der Waals surface area contributed by atoms with E-state index in [4.69, 9.17) is 4.74 Å². The molecule has 1 aliphatic heterocycles. The first-order valence-corrected chi connectivity index (χ1v) is 9.07. The Kier molecular flexibility index (Phi) is 4.90. The maximum absolute atomic E-state index is 12.6. The van der Waals surface area contributed by atoms with Gasteiger partial charge in [0.1, 0.15) is 5.56 Å². The molecule has 1 aromatic heterocycles. The number of H-pyrrole nitrogens is 1. The fraction of sp³-hybridized carbons (Fsp3) is 0.190. The van der Waals surface area contributed by atoms with Crippen molar-refractivity contribution in [2.24, 2.45) is 0 Å². The maximum Gasteiger partial charge on any atom is 0.264 e. The molecule has 3 aromatic rings. The van der Waals surface area contributed by atoms with E-state index in [2.05, 4.69) is 15.2 Å². The molecule has 0 radical (unpaired) electrons. The monoisotopic (exact) mass is 379 g/mol. The number of carbonyl (C=O) groups is 1. The van der Waals surface area contributed by atoms with Crippen molar-refractivity contribution >= 4 is 17.3 Å². The standard InChI is InChI=1S/C21H21N3O4/c25-19-17(21(27)23-18(19)14-4-2-1-3-5-14)20(26)22-15-6-8-16(9-7-15)24-10-12-28-13-11-24/h1-9,23,25,27H,10-13H2,(H,22,26). The molecule has 2 heterocycles. The number of morpholine rings is 1. The number of rotatable bonds is 4. The van der Waals surface area contributed by atoms with Gasteiger partial charge in [0.05, 0.1) is 18.9 Å². The molecule has 28 heavy (non-hydrogen) atoms. The molecule has 0 bridgehead atoms. The van der Waals surface area contributed by atoms with E-state index >= 15 is 0 Å². The van der Waals surface area contributed by atoms with Crippen LogP contribution in [-0.4, -0.2) is 47.4 Å². The van der Waals surface area contributed by atoms with Crippen LogP contribution < -0.4 is 10.2 Å². The largest absolute Gasteiger partial charge is 0.505 e. The first-order valence-electron chi connectivity index (χ1n) is 9.07. The molecule has 2 aromatic carbocycles. The number of carbonyl (C=O) groups excluding carboxylic acids is 1. The topological polar surface area (TPSA) is 97.8 Å². The summed E-state index contributed by atoms with van der Waals surface area (Å²) >= 11 is 0. The molecule has 0 atom stereocenters. The zero-order valence-corrected chi connectivity index (χ0v) is 15.2. The van der Waals surface area contributed by atoms with Crippen LogP contribution in [0.4, 0.5) is 11.4 Å². The molecule has 1 fully saturated rings. The van der Waals surface area contributed by atoms with Crippen LogP contribution in [0.3, 0.4) is 0 Å². The van der Waals surface area contributed by atoms with E-state index in [1.807, 2.05) is 30.3 Å². The van der Waals surface area contributed by atoms with E-state index in [-0.39, 0.29) is 17.2 Å². The maximum atomic E-state index is 12.6. The zero-order chi connectivity index (χ0) is 19.5. The zero-order valence-electron chi connectivity index (χ0n) is 15.2. The second-order valence-electron chi connectivity index (χ2n) is 6.54. The Morgan fingerprint density at radius 1 is 1.00 bits per heavy atom. The van der Waals surface area contributed by atoms with Crippen molar-refractivity contribution < 1.29 is 19.7 Å². The summed E-state index contributed by atoms with van der Waals surface area (Å²) in [4.78, 5) is 17.5. The normalized spacial score (nSPS) is 14.1. The van der Waals surface area contributed by atoms with Gasteiger partial charge in [0.25, 0.3) is 5.91 Å². The Labute approximate surface area is 162 Å². The molecule has 4 rings (SSSR count). The molecular formula is C21H21N3O4. The minimum Gasteiger partial charge on any atom is -0.505 e. The summed E-state index contributed by atoms with van der Waals surface area (Å²) in [6.45, 7) is 3.07. The number of anilines is 2. The van der Waals surface area contributed by atoms with Gasteiger partial charge < -0.3 is 30.2 Å². The molecule has 7 heteroatoms. The van der Waals surface area contributed by atoms with Crippen LogP contribution in [0.1, 0.15) is 10.4 Å². The predicted octanol–water partition coefficient (Wildman–Crippen LogP) is 3.18. The lowest BCUT2D eigenvalue weighted by Crippen LogP contribution is -2.36. The summed E-state index contributed by atoms with van der Waals surface area (Å²) in [5, 5.41) is 23.3. The molecule has 0 spiro atoms. The molecule has 4 N–H and O–H groups in total. The number of aromatic amines is 1. The third kappa shape index (κ3) is 3.52. The van der Waals surface area contributed by atoms with Gasteiger partial charge >= 0.3 is 0 Å². The summed E-state index contributed by atoms with van der Waals surface area (Å²) in [7, 11) is 0. The third-order valence-electron chi connectivity index (χ3n) is 4.74. The van der Waals surface area contributed by atoms with Crippen molar-refractivity contribution in [3.63, 3.8) is 0 Å². The minimum atomic E-state index is -0.590. The van der Waals surface area contributed by atoms with Gasteiger partial charge in [-0.3, -0.25) is 4.79 Å². The lowest BCUT2D eigenvalue weighted by molar-refractivity contribution is 0.102. The second kappa shape index (κ2) is 7.66. The average Bonchev–Trinajstić information content (AvgIpc) is 3.04. The SMILES string of the molecule is O=C(Nc1ccc(N2CCOCC2)cc1)c1c(O)[nH]c(-c2ccccc2)c1O. The summed E-state index contributed by atoms with van der Waals surface area (Å²) in [5.74, 6) is -1.25. The Balaban J connectivity index is 1.52. The molecular weight excluding hydrogens is 358 g/mol. The smallest absolute Gasteiger partial charge is 0.264 e. The number of aromatic hydroxyl groups is 2. The Bertz CT molecular complexity index is 961. The predicted molar refractivity (Wildman–Crippen MR) is 107 cm³/mol. The van der Waals surface area contributed by atoms with Crippen molar-refractivity contribution in [2.45, 2.75) is 0 Å². The van der Waals surface area contributed by atoms with Crippen molar-refractivity contribution in [1.29, 1.82) is 0 Å². The molecule has 1 saturated heterocycles. The Morgan fingerprint density at radius 2 is 1.68 bits per heavy atom. The van der Waals surface area contributed by atoms with Crippen LogP contribution in [0.25, 0.3) is 11.3 Å². The van der Waals surface area contributed by atoms with E-state index in [0.717, 1.165) is 18.8 Å². The number of aromatic nitrogens is 1. The van der Waals surface area contributed by atoms with Crippen molar-refractivity contribution in [2.75, 3.05) is 36.5 Å². The van der Waals surface area contributed by atoms with E-state index in [9.17, 15) is 15.0 Å². The number of amides is 1. The van der Waals surface area contributed by atoms with Gasteiger partial charge in [0.15, 0.2) is 5.75 Å². The highest BCUT2D eigenvalue weighted by molar-refractivity contribution is 6.09. The molecule has 0 saturated carbocycles. The fourth-order valence-electron chi connectivity index (χ4n) is 3.28. The summed E-state index contributed by atoms with van der Waals surface area (Å²) in [6.07, 6.45) is 0. The van der Waals surface area contributed by atoms with E-state index in [1.165, 1.54) is 0 Å². The van der Waals surface area contributed by atoms with Gasteiger partial charge in [-0.1, -0.05) is 30.3 Å². The Morgan fingerprint density at radius 3 is 2.36 bits per heavy atom.